The molecule has 1 aromatic rings. The molecule has 0 unspecified atom stereocenters. The van der Waals surface area contributed by atoms with Crippen LogP contribution in [0.4, 0.5) is 8.78 Å². The molecule has 0 aliphatic carbocycles. The van der Waals surface area contributed by atoms with Crippen LogP contribution in [0.1, 0.15) is 16.8 Å². The lowest BCUT2D eigenvalue weighted by atomic mass is 10.2. The Morgan fingerprint density at radius 2 is 2.13 bits per heavy atom. The Bertz CT molecular complexity index is 355. The maximum Gasteiger partial charge on any atom is 0.254 e. The van der Waals surface area contributed by atoms with Gasteiger partial charge in [0, 0.05) is 13.2 Å². The van der Waals surface area contributed by atoms with Gasteiger partial charge in [-0.1, -0.05) is 6.07 Å². The molecule has 3 nitrogen and oxygen atoms in total. The molecule has 0 saturated carbocycles. The summed E-state index contributed by atoms with van der Waals surface area (Å²) in [5.41, 5.74) is -0.326. The van der Waals surface area contributed by atoms with Crippen molar-refractivity contribution >= 4 is 5.91 Å². The van der Waals surface area contributed by atoms with Crippen LogP contribution in [0.2, 0.25) is 0 Å². The number of nitrogens with one attached hydrogen (secondary N) is 1. The maximum atomic E-state index is 13.1. The van der Waals surface area contributed by atoms with Crippen LogP contribution in [0.3, 0.4) is 0 Å². The van der Waals surface area contributed by atoms with Gasteiger partial charge in [0.25, 0.3) is 5.91 Å². The highest BCUT2D eigenvalue weighted by Crippen LogP contribution is 2.10. The first-order valence-corrected chi connectivity index (χ1v) is 4.50. The second kappa shape index (κ2) is 5.41. The number of hydrogen-bond acceptors (Lipinski definition) is 2. The van der Waals surface area contributed by atoms with Gasteiger partial charge in [-0.25, -0.2) is 8.78 Å². The SMILES string of the molecule is O=C(NCCCO)c1cccc(F)c1F. The third-order valence-corrected chi connectivity index (χ3v) is 1.82. The standard InChI is InChI=1S/C10H11F2NO2/c11-8-4-1-3-7(9(8)12)10(15)13-5-2-6-14/h1,3-4,14H,2,5-6H2,(H,13,15). The smallest absolute Gasteiger partial charge is 0.254 e. The number of amides is 1. The van der Waals surface area contributed by atoms with E-state index in [0.717, 1.165) is 6.07 Å². The van der Waals surface area contributed by atoms with E-state index < -0.39 is 17.5 Å². The molecule has 0 bridgehead atoms. The molecule has 82 valence electrons. The van der Waals surface area contributed by atoms with E-state index in [1.165, 1.54) is 12.1 Å². The Labute approximate surface area is 85.7 Å². The van der Waals surface area contributed by atoms with Crippen LogP contribution >= 0.6 is 0 Å². The van der Waals surface area contributed by atoms with E-state index in [0.29, 0.717) is 6.42 Å². The van der Waals surface area contributed by atoms with Crippen molar-refractivity contribution in [3.8, 4) is 0 Å². The van der Waals surface area contributed by atoms with Gasteiger partial charge >= 0.3 is 0 Å². The highest BCUT2D eigenvalue weighted by atomic mass is 19.2. The molecular formula is C10H11F2NO2. The van der Waals surface area contributed by atoms with Gasteiger partial charge in [0.2, 0.25) is 0 Å². The van der Waals surface area contributed by atoms with Crippen LogP contribution in [0.15, 0.2) is 18.2 Å². The van der Waals surface area contributed by atoms with Crippen molar-refractivity contribution in [2.45, 2.75) is 6.42 Å². The molecule has 1 rings (SSSR count). The summed E-state index contributed by atoms with van der Waals surface area (Å²) in [5.74, 6) is -2.88. The Hall–Kier alpha value is -1.49. The predicted molar refractivity (Wildman–Crippen MR) is 50.4 cm³/mol. The van der Waals surface area contributed by atoms with Crippen LogP contribution in [0, 0.1) is 11.6 Å². The van der Waals surface area contributed by atoms with Crippen LogP contribution in [0.5, 0.6) is 0 Å². The zero-order chi connectivity index (χ0) is 11.3. The molecular weight excluding hydrogens is 204 g/mol. The summed E-state index contributed by atoms with van der Waals surface area (Å²) in [7, 11) is 0. The number of aliphatic hydroxyl groups is 1. The van der Waals surface area contributed by atoms with Gasteiger partial charge < -0.3 is 10.4 Å². The molecule has 0 aliphatic heterocycles. The minimum Gasteiger partial charge on any atom is -0.396 e. The predicted octanol–water partition coefficient (Wildman–Crippen LogP) is 1.08. The molecule has 0 radical (unpaired) electrons. The summed E-state index contributed by atoms with van der Waals surface area (Å²) in [6.45, 7) is 0.164. The van der Waals surface area contributed by atoms with Gasteiger partial charge in [0.15, 0.2) is 11.6 Å². The second-order valence-electron chi connectivity index (χ2n) is 2.93. The Balaban J connectivity index is 2.69. The lowest BCUT2D eigenvalue weighted by Crippen LogP contribution is -2.26. The maximum absolute atomic E-state index is 13.1. The van der Waals surface area contributed by atoms with Gasteiger partial charge in [-0.15, -0.1) is 0 Å². The fourth-order valence-corrected chi connectivity index (χ4v) is 1.06. The molecule has 5 heteroatoms. The van der Waals surface area contributed by atoms with E-state index >= 15 is 0 Å². The number of halogens is 2. The third kappa shape index (κ3) is 2.99. The fraction of sp³-hybridized carbons (Fsp3) is 0.300. The van der Waals surface area contributed by atoms with E-state index in [2.05, 4.69) is 5.32 Å². The minimum absolute atomic E-state index is 0.0636. The van der Waals surface area contributed by atoms with Crippen molar-refractivity contribution in [3.63, 3.8) is 0 Å². The van der Waals surface area contributed by atoms with Gasteiger partial charge in [-0.3, -0.25) is 4.79 Å². The van der Waals surface area contributed by atoms with Gasteiger partial charge in [0.1, 0.15) is 0 Å². The van der Waals surface area contributed by atoms with E-state index in [-0.39, 0.29) is 18.7 Å². The van der Waals surface area contributed by atoms with E-state index in [1.807, 2.05) is 0 Å². The van der Waals surface area contributed by atoms with Crippen molar-refractivity contribution in [3.05, 3.63) is 35.4 Å². The first-order chi connectivity index (χ1) is 7.16. The third-order valence-electron chi connectivity index (χ3n) is 1.82. The Morgan fingerprint density at radius 3 is 2.80 bits per heavy atom. The molecule has 0 aromatic heterocycles. The lowest BCUT2D eigenvalue weighted by Gasteiger charge is -2.05. The molecule has 0 aliphatic rings. The summed E-state index contributed by atoms with van der Waals surface area (Å²) in [6.07, 6.45) is 0.378. The van der Waals surface area contributed by atoms with Crippen molar-refractivity contribution in [2.24, 2.45) is 0 Å². The van der Waals surface area contributed by atoms with E-state index in [4.69, 9.17) is 5.11 Å². The van der Waals surface area contributed by atoms with Crippen LogP contribution in [-0.4, -0.2) is 24.2 Å². The summed E-state index contributed by atoms with van der Waals surface area (Å²) in [6, 6.07) is 3.41. The van der Waals surface area contributed by atoms with Crippen molar-refractivity contribution in [1.82, 2.24) is 5.32 Å². The number of hydrogen-bond donors (Lipinski definition) is 2. The van der Waals surface area contributed by atoms with E-state index in [1.54, 1.807) is 0 Å². The molecule has 15 heavy (non-hydrogen) atoms. The van der Waals surface area contributed by atoms with E-state index in [9.17, 15) is 13.6 Å². The number of rotatable bonds is 4. The molecule has 0 atom stereocenters. The number of benzene rings is 1. The van der Waals surface area contributed by atoms with Crippen molar-refractivity contribution < 1.29 is 18.7 Å². The first kappa shape index (κ1) is 11.6. The van der Waals surface area contributed by atoms with Crippen LogP contribution in [-0.2, 0) is 0 Å². The average molecular weight is 215 g/mol. The molecule has 1 amide bonds. The first-order valence-electron chi connectivity index (χ1n) is 4.50. The highest BCUT2D eigenvalue weighted by molar-refractivity contribution is 5.94. The Morgan fingerprint density at radius 1 is 1.40 bits per heavy atom. The van der Waals surface area contributed by atoms with Gasteiger partial charge in [0.05, 0.1) is 5.56 Å². The molecule has 0 fully saturated rings. The molecule has 2 N–H and O–H groups in total. The van der Waals surface area contributed by atoms with Gasteiger partial charge in [-0.2, -0.15) is 0 Å². The summed E-state index contributed by atoms with van der Waals surface area (Å²) in [4.78, 5) is 11.3. The highest BCUT2D eigenvalue weighted by Gasteiger charge is 2.13. The summed E-state index contributed by atoms with van der Waals surface area (Å²) < 4.78 is 25.8. The zero-order valence-electron chi connectivity index (χ0n) is 7.96. The van der Waals surface area contributed by atoms with Gasteiger partial charge in [-0.05, 0) is 18.6 Å². The van der Waals surface area contributed by atoms with Crippen LogP contribution < -0.4 is 5.32 Å². The summed E-state index contributed by atoms with van der Waals surface area (Å²) >= 11 is 0. The topological polar surface area (TPSA) is 49.3 Å². The molecule has 0 saturated heterocycles. The average Bonchev–Trinajstić information content (AvgIpc) is 2.22. The number of carbonyl (C=O) groups is 1. The lowest BCUT2D eigenvalue weighted by molar-refractivity contribution is 0.0946. The fourth-order valence-electron chi connectivity index (χ4n) is 1.06. The summed E-state index contributed by atoms with van der Waals surface area (Å²) in [5, 5.41) is 10.8. The molecule has 0 spiro atoms. The van der Waals surface area contributed by atoms with Crippen LogP contribution in [0.25, 0.3) is 0 Å². The monoisotopic (exact) mass is 215 g/mol. The molecule has 1 aromatic carbocycles. The number of aliphatic hydroxyl groups excluding tert-OH is 1. The minimum atomic E-state index is -1.15. The zero-order valence-corrected chi connectivity index (χ0v) is 7.96. The quantitative estimate of drug-likeness (QED) is 0.738. The largest absolute Gasteiger partial charge is 0.396 e. The normalized spacial score (nSPS) is 10.1. The Kier molecular flexibility index (Phi) is 4.17. The molecule has 0 heterocycles. The number of carbonyl (C=O) groups excluding carboxylic acids is 1. The second-order valence-corrected chi connectivity index (χ2v) is 2.93. The van der Waals surface area contributed by atoms with Crippen molar-refractivity contribution in [1.29, 1.82) is 0 Å². The van der Waals surface area contributed by atoms with Crippen molar-refractivity contribution in [2.75, 3.05) is 13.2 Å².